The molecule has 0 aromatic heterocycles. The molecule has 0 spiro atoms. The molecule has 1 atom stereocenters. The molecule has 3 nitrogen and oxygen atoms in total. The molecule has 0 aliphatic carbocycles. The van der Waals surface area contributed by atoms with Crippen molar-refractivity contribution in [3.05, 3.63) is 33.8 Å². The predicted molar refractivity (Wildman–Crippen MR) is 66.0 cm³/mol. The maximum absolute atomic E-state index is 11.9. The van der Waals surface area contributed by atoms with Crippen LogP contribution >= 0.6 is 15.9 Å². The summed E-state index contributed by atoms with van der Waals surface area (Å²) in [6, 6.07) is 7.05. The summed E-state index contributed by atoms with van der Waals surface area (Å²) in [5, 5.41) is 11.5. The van der Waals surface area contributed by atoms with E-state index in [0.717, 1.165) is 10.0 Å². The fourth-order valence-corrected chi connectivity index (χ4v) is 1.68. The lowest BCUT2D eigenvalue weighted by Gasteiger charge is -2.11. The molecule has 1 rings (SSSR count). The van der Waals surface area contributed by atoms with Crippen LogP contribution in [0.3, 0.4) is 0 Å². The molecule has 0 saturated carbocycles. The van der Waals surface area contributed by atoms with Crippen LogP contribution in [0.5, 0.6) is 0 Å². The first-order valence-corrected chi connectivity index (χ1v) is 5.85. The Labute approximate surface area is 104 Å². The Balaban J connectivity index is 2.90. The van der Waals surface area contributed by atoms with E-state index in [0.29, 0.717) is 12.0 Å². The minimum Gasteiger partial charge on any atom is -0.336 e. The minimum atomic E-state index is -0.425. The molecule has 0 bridgehead atoms. The zero-order valence-electron chi connectivity index (χ0n) is 9.25. The van der Waals surface area contributed by atoms with Crippen LogP contribution in [-0.4, -0.2) is 11.9 Å². The topological polar surface area (TPSA) is 52.9 Å². The molecule has 1 unspecified atom stereocenters. The van der Waals surface area contributed by atoms with Gasteiger partial charge in [0.05, 0.1) is 6.07 Å². The summed E-state index contributed by atoms with van der Waals surface area (Å²) in [6.45, 7) is 3.73. The second kappa shape index (κ2) is 5.66. The van der Waals surface area contributed by atoms with Crippen molar-refractivity contribution in [1.82, 2.24) is 5.32 Å². The number of nitrogens with one attached hydrogen (secondary N) is 1. The highest BCUT2D eigenvalue weighted by Gasteiger charge is 2.14. The number of benzene rings is 1. The molecule has 0 heterocycles. The Morgan fingerprint density at radius 2 is 2.31 bits per heavy atom. The van der Waals surface area contributed by atoms with Gasteiger partial charge in [0.15, 0.2) is 0 Å². The Hall–Kier alpha value is -1.34. The fraction of sp³-hybridized carbons (Fsp3) is 0.333. The van der Waals surface area contributed by atoms with Crippen LogP contribution in [0.25, 0.3) is 0 Å². The van der Waals surface area contributed by atoms with E-state index in [9.17, 15) is 4.79 Å². The van der Waals surface area contributed by atoms with Gasteiger partial charge in [-0.3, -0.25) is 4.79 Å². The van der Waals surface area contributed by atoms with E-state index < -0.39 is 6.04 Å². The van der Waals surface area contributed by atoms with Crippen molar-refractivity contribution in [2.24, 2.45) is 0 Å². The van der Waals surface area contributed by atoms with Crippen molar-refractivity contribution in [1.29, 1.82) is 5.26 Å². The van der Waals surface area contributed by atoms with Gasteiger partial charge in [0.1, 0.15) is 6.04 Å². The molecule has 0 aliphatic heterocycles. The summed E-state index contributed by atoms with van der Waals surface area (Å²) < 4.78 is 0.894. The smallest absolute Gasteiger partial charge is 0.252 e. The normalized spacial score (nSPS) is 11.6. The van der Waals surface area contributed by atoms with Crippen LogP contribution in [0.4, 0.5) is 0 Å². The van der Waals surface area contributed by atoms with Crippen molar-refractivity contribution < 1.29 is 4.79 Å². The molecule has 0 aliphatic rings. The van der Waals surface area contributed by atoms with Gasteiger partial charge in [-0.25, -0.2) is 0 Å². The average Bonchev–Trinajstić information content (AvgIpc) is 2.29. The van der Waals surface area contributed by atoms with Crippen LogP contribution in [0.15, 0.2) is 22.7 Å². The van der Waals surface area contributed by atoms with Gasteiger partial charge in [0, 0.05) is 10.0 Å². The monoisotopic (exact) mass is 280 g/mol. The third kappa shape index (κ3) is 2.83. The third-order valence-electron chi connectivity index (χ3n) is 2.38. The molecule has 1 aromatic carbocycles. The molecule has 0 saturated heterocycles. The van der Waals surface area contributed by atoms with E-state index in [1.165, 1.54) is 0 Å². The highest BCUT2D eigenvalue weighted by molar-refractivity contribution is 9.10. The molecule has 0 fully saturated rings. The molecule has 1 aromatic rings. The predicted octanol–water partition coefficient (Wildman–Crippen LogP) is 2.79. The molecular formula is C12H13BrN2O. The average molecular weight is 281 g/mol. The Kier molecular flexibility index (Phi) is 4.51. The summed E-state index contributed by atoms with van der Waals surface area (Å²) in [5.74, 6) is -0.202. The van der Waals surface area contributed by atoms with Gasteiger partial charge in [-0.15, -0.1) is 0 Å². The van der Waals surface area contributed by atoms with Gasteiger partial charge in [0.2, 0.25) is 0 Å². The number of hydrogen-bond acceptors (Lipinski definition) is 2. The molecule has 4 heteroatoms. The first kappa shape index (κ1) is 12.7. The highest BCUT2D eigenvalue weighted by atomic mass is 79.9. The number of halogens is 1. The van der Waals surface area contributed by atoms with E-state index in [2.05, 4.69) is 21.2 Å². The molecule has 1 amide bonds. The zero-order valence-corrected chi connectivity index (χ0v) is 10.8. The number of carbonyl (C=O) groups is 1. The Morgan fingerprint density at radius 3 is 2.88 bits per heavy atom. The summed E-state index contributed by atoms with van der Waals surface area (Å²) in [5.41, 5.74) is 1.48. The lowest BCUT2D eigenvalue weighted by atomic mass is 10.1. The first-order chi connectivity index (χ1) is 7.60. The number of nitriles is 1. The lowest BCUT2D eigenvalue weighted by molar-refractivity contribution is 0.0944. The molecule has 0 radical (unpaired) electrons. The van der Waals surface area contributed by atoms with Crippen molar-refractivity contribution in [2.75, 3.05) is 0 Å². The van der Waals surface area contributed by atoms with E-state index in [1.807, 2.05) is 26.0 Å². The van der Waals surface area contributed by atoms with Crippen molar-refractivity contribution in [2.45, 2.75) is 26.3 Å². The minimum absolute atomic E-state index is 0.202. The quantitative estimate of drug-likeness (QED) is 0.926. The van der Waals surface area contributed by atoms with Crippen molar-refractivity contribution >= 4 is 21.8 Å². The van der Waals surface area contributed by atoms with E-state index >= 15 is 0 Å². The first-order valence-electron chi connectivity index (χ1n) is 5.05. The molecule has 1 N–H and O–H groups in total. The van der Waals surface area contributed by atoms with Crippen LogP contribution in [0.2, 0.25) is 0 Å². The summed E-state index contributed by atoms with van der Waals surface area (Å²) in [4.78, 5) is 11.9. The van der Waals surface area contributed by atoms with Crippen LogP contribution in [0, 0.1) is 18.3 Å². The van der Waals surface area contributed by atoms with Crippen LogP contribution < -0.4 is 5.32 Å². The maximum atomic E-state index is 11.9. The molecule has 16 heavy (non-hydrogen) atoms. The summed E-state index contributed by atoms with van der Waals surface area (Å²) in [7, 11) is 0. The zero-order chi connectivity index (χ0) is 12.1. The van der Waals surface area contributed by atoms with Gasteiger partial charge in [-0.1, -0.05) is 28.9 Å². The van der Waals surface area contributed by atoms with E-state index in [4.69, 9.17) is 5.26 Å². The SMILES string of the molecule is CCC(C#N)NC(=O)c1cccc(Br)c1C. The highest BCUT2D eigenvalue weighted by Crippen LogP contribution is 2.19. The standard InChI is InChI=1S/C12H13BrN2O/c1-3-9(7-14)15-12(16)10-5-4-6-11(13)8(10)2/h4-6,9H,3H2,1-2H3,(H,15,16). The number of amides is 1. The van der Waals surface area contributed by atoms with Crippen LogP contribution in [-0.2, 0) is 0 Å². The molecule has 84 valence electrons. The maximum Gasteiger partial charge on any atom is 0.252 e. The number of hydrogen-bond donors (Lipinski definition) is 1. The van der Waals surface area contributed by atoms with Gasteiger partial charge >= 0.3 is 0 Å². The fourth-order valence-electron chi connectivity index (χ4n) is 1.32. The van der Waals surface area contributed by atoms with Gasteiger partial charge in [-0.05, 0) is 31.0 Å². The van der Waals surface area contributed by atoms with Crippen molar-refractivity contribution in [3.8, 4) is 6.07 Å². The van der Waals surface area contributed by atoms with Crippen molar-refractivity contribution in [3.63, 3.8) is 0 Å². The second-order valence-corrected chi connectivity index (χ2v) is 4.33. The summed E-state index contributed by atoms with van der Waals surface area (Å²) >= 11 is 3.37. The summed E-state index contributed by atoms with van der Waals surface area (Å²) in [6.07, 6.45) is 0.606. The third-order valence-corrected chi connectivity index (χ3v) is 3.24. The van der Waals surface area contributed by atoms with Gasteiger partial charge in [-0.2, -0.15) is 5.26 Å². The van der Waals surface area contributed by atoms with E-state index in [-0.39, 0.29) is 5.91 Å². The Morgan fingerprint density at radius 1 is 1.62 bits per heavy atom. The number of rotatable bonds is 3. The van der Waals surface area contributed by atoms with Gasteiger partial charge < -0.3 is 5.32 Å². The largest absolute Gasteiger partial charge is 0.336 e. The second-order valence-electron chi connectivity index (χ2n) is 3.48. The van der Waals surface area contributed by atoms with Gasteiger partial charge in [0.25, 0.3) is 5.91 Å². The van der Waals surface area contributed by atoms with Crippen LogP contribution in [0.1, 0.15) is 29.3 Å². The lowest BCUT2D eigenvalue weighted by Crippen LogP contribution is -2.33. The Bertz CT molecular complexity index is 437. The number of nitrogens with zero attached hydrogens (tertiary/aromatic N) is 1. The van der Waals surface area contributed by atoms with E-state index in [1.54, 1.807) is 12.1 Å². The number of carbonyl (C=O) groups excluding carboxylic acids is 1. The molecular weight excluding hydrogens is 268 g/mol.